The van der Waals surface area contributed by atoms with Gasteiger partial charge in [-0.05, 0) is 54.6 Å². The number of carbonyl (C=O) groups excluding carboxylic acids is 3. The van der Waals surface area contributed by atoms with E-state index in [9.17, 15) is 14.4 Å². The third-order valence-electron chi connectivity index (χ3n) is 5.52. The van der Waals surface area contributed by atoms with Crippen LogP contribution >= 0.6 is 0 Å². The van der Waals surface area contributed by atoms with Crippen LogP contribution in [0.1, 0.15) is 22.3 Å². The lowest BCUT2D eigenvalue weighted by Gasteiger charge is -2.17. The summed E-state index contributed by atoms with van der Waals surface area (Å²) in [6.45, 7) is 0.205. The summed E-state index contributed by atoms with van der Waals surface area (Å²) in [6.07, 6.45) is 0.0472. The van der Waals surface area contributed by atoms with E-state index in [-0.39, 0.29) is 24.8 Å². The predicted octanol–water partition coefficient (Wildman–Crippen LogP) is 3.70. The van der Waals surface area contributed by atoms with Crippen molar-refractivity contribution in [2.75, 3.05) is 22.6 Å². The summed E-state index contributed by atoms with van der Waals surface area (Å²) in [6, 6.07) is 22.1. The van der Waals surface area contributed by atoms with Crippen LogP contribution in [0.3, 0.4) is 0 Å². The molecule has 0 spiro atoms. The molecular formula is C26H23N7O3. The van der Waals surface area contributed by atoms with Crippen molar-refractivity contribution in [2.45, 2.75) is 13.0 Å². The first-order chi connectivity index (χ1) is 17.4. The molecule has 4 rings (SSSR count). The number of nitrogens with one attached hydrogen (secondary N) is 2. The number of nitriles is 1. The van der Waals surface area contributed by atoms with E-state index in [2.05, 4.69) is 15.6 Å². The Morgan fingerprint density at radius 2 is 1.75 bits per heavy atom. The maximum atomic E-state index is 12.9. The van der Waals surface area contributed by atoms with Crippen molar-refractivity contribution in [3.63, 3.8) is 0 Å². The molecule has 3 aromatic carbocycles. The molecule has 0 aliphatic carbocycles. The smallest absolute Gasteiger partial charge is 0.326 e. The number of benzene rings is 3. The highest BCUT2D eigenvalue weighted by Gasteiger charge is 2.18. The molecule has 0 aliphatic rings. The quantitative estimate of drug-likeness (QED) is 0.368. The van der Waals surface area contributed by atoms with E-state index in [1.54, 1.807) is 78.3 Å². The van der Waals surface area contributed by atoms with Gasteiger partial charge < -0.3 is 20.5 Å². The van der Waals surface area contributed by atoms with Crippen LogP contribution in [-0.4, -0.2) is 34.4 Å². The van der Waals surface area contributed by atoms with E-state index >= 15 is 0 Å². The summed E-state index contributed by atoms with van der Waals surface area (Å²) < 4.78 is 1.68. The van der Waals surface area contributed by atoms with Gasteiger partial charge in [-0.25, -0.2) is 9.78 Å². The Hall–Kier alpha value is -5.17. The van der Waals surface area contributed by atoms with E-state index < -0.39 is 11.9 Å². The highest BCUT2D eigenvalue weighted by Crippen LogP contribution is 2.26. The lowest BCUT2D eigenvalue weighted by atomic mass is 10.2. The van der Waals surface area contributed by atoms with Gasteiger partial charge in [0, 0.05) is 37.0 Å². The third-order valence-corrected chi connectivity index (χ3v) is 5.52. The number of amides is 4. The van der Waals surface area contributed by atoms with Crippen molar-refractivity contribution in [1.29, 1.82) is 5.26 Å². The molecule has 36 heavy (non-hydrogen) atoms. The molecule has 1 heterocycles. The molecule has 4 N–H and O–H groups in total. The average Bonchev–Trinajstić information content (AvgIpc) is 3.23. The standard InChI is InChI=1S/C26H23N7O3/c1-32(24(35)18-5-3-2-4-6-18)20-11-12-22-21(15-20)30-25(33(22)14-13-23(28)34)31-26(36)29-19-9-7-17(16-27)8-10-19/h2-12,15H,13-14H2,1H3,(H2,28,34)(H2,29,30,31,36). The molecule has 0 fully saturated rings. The number of hydrogen-bond acceptors (Lipinski definition) is 5. The minimum absolute atomic E-state index is 0.0472. The summed E-state index contributed by atoms with van der Waals surface area (Å²) in [5.41, 5.74) is 8.66. The van der Waals surface area contributed by atoms with Crippen LogP contribution in [0.4, 0.5) is 22.1 Å². The van der Waals surface area contributed by atoms with Crippen molar-refractivity contribution < 1.29 is 14.4 Å². The number of aryl methyl sites for hydroxylation is 1. The molecule has 0 radical (unpaired) electrons. The average molecular weight is 482 g/mol. The molecule has 10 nitrogen and oxygen atoms in total. The number of carbonyl (C=O) groups is 3. The molecule has 0 saturated heterocycles. The van der Waals surface area contributed by atoms with Gasteiger partial charge in [0.1, 0.15) is 0 Å². The van der Waals surface area contributed by atoms with Gasteiger partial charge in [0.15, 0.2) is 0 Å². The Morgan fingerprint density at radius 3 is 2.42 bits per heavy atom. The van der Waals surface area contributed by atoms with E-state index in [4.69, 9.17) is 11.0 Å². The molecular weight excluding hydrogens is 458 g/mol. The van der Waals surface area contributed by atoms with E-state index in [0.717, 1.165) is 0 Å². The number of nitrogens with zero attached hydrogens (tertiary/aromatic N) is 4. The van der Waals surface area contributed by atoms with E-state index in [1.165, 1.54) is 4.90 Å². The van der Waals surface area contributed by atoms with Gasteiger partial charge in [-0.3, -0.25) is 14.9 Å². The molecule has 180 valence electrons. The Morgan fingerprint density at radius 1 is 1.03 bits per heavy atom. The van der Waals surface area contributed by atoms with Crippen LogP contribution < -0.4 is 21.3 Å². The van der Waals surface area contributed by atoms with E-state index in [1.807, 2.05) is 12.1 Å². The van der Waals surface area contributed by atoms with Crippen LogP contribution in [0.15, 0.2) is 72.8 Å². The minimum atomic E-state index is -0.549. The number of hydrogen-bond donors (Lipinski definition) is 3. The van der Waals surface area contributed by atoms with Crippen molar-refractivity contribution in [3.05, 3.63) is 83.9 Å². The molecule has 0 saturated carbocycles. The normalized spacial score (nSPS) is 10.4. The number of urea groups is 1. The van der Waals surface area contributed by atoms with Gasteiger partial charge in [0.25, 0.3) is 5.91 Å². The summed E-state index contributed by atoms with van der Waals surface area (Å²) in [5.74, 6) is -0.454. The first-order valence-electron chi connectivity index (χ1n) is 11.1. The van der Waals surface area contributed by atoms with Crippen LogP contribution in [-0.2, 0) is 11.3 Å². The van der Waals surface area contributed by atoms with Gasteiger partial charge in [-0.15, -0.1) is 0 Å². The Labute approximate surface area is 206 Å². The van der Waals surface area contributed by atoms with Crippen LogP contribution in [0, 0.1) is 11.3 Å². The number of anilines is 3. The topological polar surface area (TPSA) is 146 Å². The number of nitrogens with two attached hydrogens (primary N) is 1. The van der Waals surface area contributed by atoms with Crippen LogP contribution in [0.5, 0.6) is 0 Å². The van der Waals surface area contributed by atoms with E-state index in [0.29, 0.717) is 33.5 Å². The van der Waals surface area contributed by atoms with Crippen molar-refractivity contribution in [3.8, 4) is 6.07 Å². The van der Waals surface area contributed by atoms with Gasteiger partial charge >= 0.3 is 6.03 Å². The van der Waals surface area contributed by atoms with Gasteiger partial charge in [0.05, 0.1) is 22.7 Å². The third kappa shape index (κ3) is 5.31. The lowest BCUT2D eigenvalue weighted by molar-refractivity contribution is -0.118. The fraction of sp³-hybridized carbons (Fsp3) is 0.115. The molecule has 0 aliphatic heterocycles. The second-order valence-corrected chi connectivity index (χ2v) is 7.97. The highest BCUT2D eigenvalue weighted by atomic mass is 16.2. The van der Waals surface area contributed by atoms with Crippen molar-refractivity contribution in [2.24, 2.45) is 5.73 Å². The number of imidazole rings is 1. The number of fused-ring (bicyclic) bond motifs is 1. The number of primary amides is 1. The summed E-state index contributed by atoms with van der Waals surface area (Å²) in [5, 5.41) is 14.3. The second kappa shape index (κ2) is 10.4. The molecule has 1 aromatic heterocycles. The van der Waals surface area contributed by atoms with Gasteiger partial charge in [-0.1, -0.05) is 18.2 Å². The molecule has 4 amide bonds. The SMILES string of the molecule is CN(C(=O)c1ccccc1)c1ccc2c(c1)nc(NC(=O)Nc1ccc(C#N)cc1)n2CCC(N)=O. The Balaban J connectivity index is 1.61. The molecule has 0 bridgehead atoms. The zero-order valence-electron chi connectivity index (χ0n) is 19.4. The maximum absolute atomic E-state index is 12.9. The largest absolute Gasteiger partial charge is 0.370 e. The van der Waals surface area contributed by atoms with Crippen molar-refractivity contribution in [1.82, 2.24) is 9.55 Å². The Bertz CT molecular complexity index is 1470. The fourth-order valence-electron chi connectivity index (χ4n) is 3.65. The molecule has 0 unspecified atom stereocenters. The fourth-order valence-corrected chi connectivity index (χ4v) is 3.65. The number of rotatable bonds is 7. The summed E-state index contributed by atoms with van der Waals surface area (Å²) >= 11 is 0. The first-order valence-corrected chi connectivity index (χ1v) is 11.1. The monoisotopic (exact) mass is 481 g/mol. The van der Waals surface area contributed by atoms with Crippen LogP contribution in [0.2, 0.25) is 0 Å². The first kappa shape index (κ1) is 24.0. The number of aromatic nitrogens is 2. The second-order valence-electron chi connectivity index (χ2n) is 7.97. The van der Waals surface area contributed by atoms with Gasteiger partial charge in [-0.2, -0.15) is 5.26 Å². The van der Waals surface area contributed by atoms with Crippen molar-refractivity contribution >= 4 is 46.2 Å². The minimum Gasteiger partial charge on any atom is -0.370 e. The van der Waals surface area contributed by atoms with Crippen LogP contribution in [0.25, 0.3) is 11.0 Å². The maximum Gasteiger partial charge on any atom is 0.326 e. The highest BCUT2D eigenvalue weighted by molar-refractivity contribution is 6.06. The zero-order valence-corrected chi connectivity index (χ0v) is 19.4. The lowest BCUT2D eigenvalue weighted by Crippen LogP contribution is -2.26. The Kier molecular flexibility index (Phi) is 6.92. The molecule has 10 heteroatoms. The van der Waals surface area contributed by atoms with Gasteiger partial charge in [0.2, 0.25) is 11.9 Å². The molecule has 4 aromatic rings. The summed E-state index contributed by atoms with van der Waals surface area (Å²) in [4.78, 5) is 43.0. The molecule has 0 atom stereocenters. The predicted molar refractivity (Wildman–Crippen MR) is 137 cm³/mol. The zero-order chi connectivity index (χ0) is 25.7. The summed E-state index contributed by atoms with van der Waals surface area (Å²) in [7, 11) is 1.67.